The second-order valence-electron chi connectivity index (χ2n) is 3.36. The number of nitrogen functional groups attached to an aromatic ring is 1. The number of hydrogen-bond acceptors (Lipinski definition) is 1. The lowest BCUT2D eigenvalue weighted by Crippen LogP contribution is -2.09. The molecule has 0 aliphatic heterocycles. The Balaban J connectivity index is 2.52. The van der Waals surface area contributed by atoms with Gasteiger partial charge < -0.3 is 10.3 Å². The summed E-state index contributed by atoms with van der Waals surface area (Å²) in [4.78, 5) is 0. The average molecular weight is 226 g/mol. The number of nitrogens with two attached hydrogens (primary N) is 1. The Morgan fingerprint density at radius 1 is 1.06 bits per heavy atom. The van der Waals surface area contributed by atoms with E-state index < -0.39 is 11.7 Å². The van der Waals surface area contributed by atoms with Crippen molar-refractivity contribution >= 4 is 5.69 Å². The fraction of sp³-hybridized carbons (Fsp3) is 0.0909. The summed E-state index contributed by atoms with van der Waals surface area (Å²) >= 11 is 0. The molecule has 0 aliphatic rings. The first-order valence-electron chi connectivity index (χ1n) is 4.58. The number of halogens is 3. The molecule has 2 N–H and O–H groups in total. The number of alkyl halides is 3. The summed E-state index contributed by atoms with van der Waals surface area (Å²) in [5, 5.41) is 0. The fourth-order valence-electron chi connectivity index (χ4n) is 1.46. The lowest BCUT2D eigenvalue weighted by Gasteiger charge is -2.12. The van der Waals surface area contributed by atoms with Crippen LogP contribution in [0.4, 0.5) is 18.9 Å². The van der Waals surface area contributed by atoms with Crippen molar-refractivity contribution in [3.63, 3.8) is 0 Å². The molecule has 0 bridgehead atoms. The van der Waals surface area contributed by atoms with E-state index in [0.717, 1.165) is 6.07 Å². The maximum atomic E-state index is 12.6. The Labute approximate surface area is 90.1 Å². The first-order chi connectivity index (χ1) is 7.48. The summed E-state index contributed by atoms with van der Waals surface area (Å²) < 4.78 is 39.3. The number of aromatic nitrogens is 1. The summed E-state index contributed by atoms with van der Waals surface area (Å²) in [5.74, 6) is 0. The van der Waals surface area contributed by atoms with Crippen molar-refractivity contribution in [2.75, 3.05) is 5.73 Å². The fourth-order valence-corrected chi connectivity index (χ4v) is 1.46. The highest BCUT2D eigenvalue weighted by Gasteiger charge is 2.33. The normalized spacial score (nSPS) is 11.7. The highest BCUT2D eigenvalue weighted by Crippen LogP contribution is 2.34. The van der Waals surface area contributed by atoms with Gasteiger partial charge in [0, 0.05) is 23.8 Å². The molecule has 5 heteroatoms. The minimum absolute atomic E-state index is 0.261. The van der Waals surface area contributed by atoms with Crippen LogP contribution in [0.25, 0.3) is 5.69 Å². The van der Waals surface area contributed by atoms with Gasteiger partial charge in [-0.2, -0.15) is 13.2 Å². The van der Waals surface area contributed by atoms with Gasteiger partial charge in [-0.15, -0.1) is 0 Å². The van der Waals surface area contributed by atoms with Gasteiger partial charge in [-0.3, -0.25) is 0 Å². The first-order valence-corrected chi connectivity index (χ1v) is 4.58. The summed E-state index contributed by atoms with van der Waals surface area (Å²) in [6, 6.07) is 7.32. The molecular weight excluding hydrogens is 217 g/mol. The van der Waals surface area contributed by atoms with Gasteiger partial charge in [0.25, 0.3) is 0 Å². The van der Waals surface area contributed by atoms with Gasteiger partial charge in [0.1, 0.15) is 0 Å². The van der Waals surface area contributed by atoms with E-state index in [1.54, 1.807) is 35.2 Å². The molecule has 0 amide bonds. The molecule has 16 heavy (non-hydrogen) atoms. The molecule has 0 spiro atoms. The molecule has 1 aromatic carbocycles. The molecule has 0 unspecified atom stereocenters. The van der Waals surface area contributed by atoms with E-state index >= 15 is 0 Å². The third-order valence-electron chi connectivity index (χ3n) is 2.24. The largest absolute Gasteiger partial charge is 0.418 e. The molecule has 0 atom stereocenters. The smallest absolute Gasteiger partial charge is 0.398 e. The monoisotopic (exact) mass is 226 g/mol. The second-order valence-corrected chi connectivity index (χ2v) is 3.36. The molecule has 0 saturated carbocycles. The maximum Gasteiger partial charge on any atom is 0.418 e. The molecule has 0 radical (unpaired) electrons. The summed E-state index contributed by atoms with van der Waals surface area (Å²) in [7, 11) is 0. The lowest BCUT2D eigenvalue weighted by atomic mass is 10.1. The molecule has 0 aliphatic carbocycles. The summed E-state index contributed by atoms with van der Waals surface area (Å²) in [5.41, 5.74) is 4.67. The van der Waals surface area contributed by atoms with Crippen molar-refractivity contribution in [2.24, 2.45) is 0 Å². The first kappa shape index (κ1) is 10.6. The van der Waals surface area contributed by atoms with Crippen molar-refractivity contribution in [1.29, 1.82) is 0 Å². The highest BCUT2D eigenvalue weighted by atomic mass is 19.4. The maximum absolute atomic E-state index is 12.6. The minimum atomic E-state index is -4.42. The van der Waals surface area contributed by atoms with Crippen LogP contribution in [-0.4, -0.2) is 4.57 Å². The van der Waals surface area contributed by atoms with E-state index in [1.165, 1.54) is 6.07 Å². The van der Waals surface area contributed by atoms with E-state index in [1.807, 2.05) is 0 Å². The highest BCUT2D eigenvalue weighted by molar-refractivity contribution is 5.54. The zero-order chi connectivity index (χ0) is 11.8. The van der Waals surface area contributed by atoms with Gasteiger partial charge in [0.15, 0.2) is 0 Å². The molecule has 2 nitrogen and oxygen atoms in total. The predicted molar refractivity (Wildman–Crippen MR) is 55.2 cm³/mol. The SMILES string of the molecule is Nc1ccc(-n2cccc2)cc1C(F)(F)F. The van der Waals surface area contributed by atoms with E-state index in [0.29, 0.717) is 5.69 Å². The Morgan fingerprint density at radius 2 is 1.69 bits per heavy atom. The number of benzene rings is 1. The van der Waals surface area contributed by atoms with Crippen LogP contribution >= 0.6 is 0 Å². The van der Waals surface area contributed by atoms with Crippen LogP contribution < -0.4 is 5.73 Å². The number of hydrogen-bond donors (Lipinski definition) is 1. The third kappa shape index (κ3) is 1.88. The van der Waals surface area contributed by atoms with E-state index in [9.17, 15) is 13.2 Å². The van der Waals surface area contributed by atoms with E-state index in [4.69, 9.17) is 5.73 Å². The molecule has 1 heterocycles. The summed E-state index contributed by atoms with van der Waals surface area (Å²) in [6.07, 6.45) is -1.08. The van der Waals surface area contributed by atoms with E-state index in [2.05, 4.69) is 0 Å². The van der Waals surface area contributed by atoms with Gasteiger partial charge in [-0.25, -0.2) is 0 Å². The molecular formula is C11H9F3N2. The number of rotatable bonds is 1. The molecule has 0 saturated heterocycles. The van der Waals surface area contributed by atoms with E-state index in [-0.39, 0.29) is 5.69 Å². The molecule has 84 valence electrons. The molecule has 0 fully saturated rings. The van der Waals surface area contributed by atoms with Gasteiger partial charge >= 0.3 is 6.18 Å². The predicted octanol–water partition coefficient (Wildman–Crippen LogP) is 3.08. The number of anilines is 1. The zero-order valence-corrected chi connectivity index (χ0v) is 8.20. The Kier molecular flexibility index (Phi) is 2.38. The average Bonchev–Trinajstić information content (AvgIpc) is 2.69. The van der Waals surface area contributed by atoms with Crippen molar-refractivity contribution in [1.82, 2.24) is 4.57 Å². The van der Waals surface area contributed by atoms with Crippen molar-refractivity contribution < 1.29 is 13.2 Å². The van der Waals surface area contributed by atoms with Crippen LogP contribution in [0.15, 0.2) is 42.7 Å². The van der Waals surface area contributed by atoms with Crippen LogP contribution in [0.1, 0.15) is 5.56 Å². The quantitative estimate of drug-likeness (QED) is 0.744. The third-order valence-corrected chi connectivity index (χ3v) is 2.24. The van der Waals surface area contributed by atoms with Crippen LogP contribution in [0.3, 0.4) is 0 Å². The zero-order valence-electron chi connectivity index (χ0n) is 8.20. The van der Waals surface area contributed by atoms with Crippen LogP contribution in [0.2, 0.25) is 0 Å². The topological polar surface area (TPSA) is 30.9 Å². The van der Waals surface area contributed by atoms with Crippen LogP contribution in [0, 0.1) is 0 Å². The van der Waals surface area contributed by atoms with Gasteiger partial charge in [-0.1, -0.05) is 0 Å². The number of nitrogens with zero attached hydrogens (tertiary/aromatic N) is 1. The van der Waals surface area contributed by atoms with Gasteiger partial charge in [-0.05, 0) is 30.3 Å². The van der Waals surface area contributed by atoms with Crippen molar-refractivity contribution in [3.8, 4) is 5.69 Å². The minimum Gasteiger partial charge on any atom is -0.398 e. The Bertz CT molecular complexity index is 486. The van der Waals surface area contributed by atoms with Crippen molar-refractivity contribution in [3.05, 3.63) is 48.3 Å². The van der Waals surface area contributed by atoms with Crippen LogP contribution in [-0.2, 0) is 6.18 Å². The summed E-state index contributed by atoms with van der Waals surface area (Å²) in [6.45, 7) is 0. The van der Waals surface area contributed by atoms with Crippen molar-refractivity contribution in [2.45, 2.75) is 6.18 Å². The molecule has 2 rings (SSSR count). The standard InChI is InChI=1S/C11H9F3N2/c12-11(13,14)9-7-8(3-4-10(9)15)16-5-1-2-6-16/h1-7H,15H2. The Morgan fingerprint density at radius 3 is 2.25 bits per heavy atom. The Hall–Kier alpha value is -1.91. The van der Waals surface area contributed by atoms with Gasteiger partial charge in [0.2, 0.25) is 0 Å². The molecule has 2 aromatic rings. The lowest BCUT2D eigenvalue weighted by molar-refractivity contribution is -0.136. The van der Waals surface area contributed by atoms with Crippen LogP contribution in [0.5, 0.6) is 0 Å². The van der Waals surface area contributed by atoms with Gasteiger partial charge in [0.05, 0.1) is 5.56 Å². The second kappa shape index (κ2) is 3.59. The molecule has 1 aromatic heterocycles.